The number of rotatable bonds is 10. The van der Waals surface area contributed by atoms with Gasteiger partial charge in [-0.25, -0.2) is 0 Å². The molecule has 0 heterocycles. The fourth-order valence-corrected chi connectivity index (χ4v) is 8.20. The number of methoxy groups -OCH3 is 1. The second-order valence-corrected chi connectivity index (χ2v) is 13.6. The number of hydrogen-bond acceptors (Lipinski definition) is 6. The van der Waals surface area contributed by atoms with Crippen LogP contribution in [0.5, 0.6) is 23.0 Å². The molecule has 0 unspecified atom stereocenters. The molecule has 2 aliphatic carbocycles. The molecule has 47 heavy (non-hydrogen) atoms. The first-order chi connectivity index (χ1) is 22.8. The minimum atomic E-state index is -0.914. The predicted octanol–water partition coefficient (Wildman–Crippen LogP) is 8.20. The van der Waals surface area contributed by atoms with Gasteiger partial charge in [-0.15, -0.1) is 5.92 Å². The molecule has 0 spiro atoms. The summed E-state index contributed by atoms with van der Waals surface area (Å²) in [6.07, 6.45) is 8.50. The summed E-state index contributed by atoms with van der Waals surface area (Å²) in [5, 5.41) is 43.6. The van der Waals surface area contributed by atoms with Crippen molar-refractivity contribution >= 4 is 5.78 Å². The molecular weight excluding hydrogens is 588 g/mol. The summed E-state index contributed by atoms with van der Waals surface area (Å²) in [4.78, 5) is 14.6. The normalized spacial score (nSPS) is 24.6. The van der Waals surface area contributed by atoms with E-state index in [-0.39, 0.29) is 47.2 Å². The van der Waals surface area contributed by atoms with Crippen molar-refractivity contribution in [3.63, 3.8) is 0 Å². The Kier molecular flexibility index (Phi) is 11.5. The highest BCUT2D eigenvalue weighted by Crippen LogP contribution is 2.51. The van der Waals surface area contributed by atoms with Crippen LogP contribution >= 0.6 is 0 Å². The van der Waals surface area contributed by atoms with Crippen LogP contribution in [-0.4, -0.2) is 39.4 Å². The lowest BCUT2D eigenvalue weighted by atomic mass is 9.57. The van der Waals surface area contributed by atoms with Crippen molar-refractivity contribution in [2.45, 2.75) is 101 Å². The number of ketones is 1. The Bertz CT molecular complexity index is 1550. The van der Waals surface area contributed by atoms with Crippen LogP contribution in [0.1, 0.15) is 100 Å². The number of aromatic hydroxyl groups is 3. The van der Waals surface area contributed by atoms with E-state index in [9.17, 15) is 25.2 Å². The number of aliphatic hydroxyl groups excluding tert-OH is 1. The Morgan fingerprint density at radius 3 is 2.34 bits per heavy atom. The maximum Gasteiger partial charge on any atom is 0.160 e. The first kappa shape index (κ1) is 34.4. The van der Waals surface area contributed by atoms with Crippen molar-refractivity contribution < 1.29 is 30.0 Å². The second-order valence-electron chi connectivity index (χ2n) is 13.6. The van der Waals surface area contributed by atoms with Gasteiger partial charge in [-0.05, 0) is 66.6 Å². The third-order valence-corrected chi connectivity index (χ3v) is 10.8. The van der Waals surface area contributed by atoms with E-state index >= 15 is 0 Å². The average molecular weight is 639 g/mol. The molecule has 6 heteroatoms. The maximum absolute atomic E-state index is 14.6. The van der Waals surface area contributed by atoms with E-state index in [4.69, 9.17) is 4.74 Å². The standard InChI is InChI=1S/C41H50O6/c1-3-4-7-16-32-37(44)27-33(30-18-20-36(43)39(25-30)47-2)29(24-28-13-8-5-9-14-28)15-12-17-34(40(32)46)41(22-10-6-11-23-41)31-19-21-35(42)38(45)26-31/h5,8-9,13-14,18-21,25-26,29,32-34,40,42-43,45-46H,3-4,6-7,10-11,16-17,22-24,27H2,1-2H3/t29-,32+,33+,34-,40+/m1/s1. The van der Waals surface area contributed by atoms with E-state index in [2.05, 4.69) is 30.9 Å². The Hall–Kier alpha value is -3.95. The molecule has 250 valence electrons. The van der Waals surface area contributed by atoms with Crippen LogP contribution in [0.2, 0.25) is 0 Å². The molecule has 1 fully saturated rings. The van der Waals surface area contributed by atoms with Gasteiger partial charge in [0.25, 0.3) is 0 Å². The van der Waals surface area contributed by atoms with Gasteiger partial charge in [0.1, 0.15) is 5.78 Å². The smallest absolute Gasteiger partial charge is 0.160 e. The first-order valence-electron chi connectivity index (χ1n) is 17.4. The number of carbonyl (C=O) groups excluding carboxylic acids is 1. The van der Waals surface area contributed by atoms with E-state index in [1.54, 1.807) is 12.1 Å². The highest BCUT2D eigenvalue weighted by Gasteiger charge is 2.48. The number of hydrogen-bond donors (Lipinski definition) is 4. The summed E-state index contributed by atoms with van der Waals surface area (Å²) >= 11 is 0. The average Bonchev–Trinajstić information content (AvgIpc) is 3.08. The van der Waals surface area contributed by atoms with Gasteiger partial charge in [0, 0.05) is 41.9 Å². The van der Waals surface area contributed by atoms with Gasteiger partial charge in [0.2, 0.25) is 0 Å². The van der Waals surface area contributed by atoms with Gasteiger partial charge in [-0.3, -0.25) is 4.79 Å². The van der Waals surface area contributed by atoms with Crippen LogP contribution in [-0.2, 0) is 16.6 Å². The van der Waals surface area contributed by atoms with E-state index in [1.807, 2.05) is 36.4 Å². The molecule has 6 nitrogen and oxygen atoms in total. The van der Waals surface area contributed by atoms with Crippen LogP contribution in [0.4, 0.5) is 0 Å². The lowest BCUT2D eigenvalue weighted by Gasteiger charge is -2.47. The van der Waals surface area contributed by atoms with Gasteiger partial charge in [0.05, 0.1) is 13.2 Å². The Morgan fingerprint density at radius 2 is 1.64 bits per heavy atom. The van der Waals surface area contributed by atoms with Crippen molar-refractivity contribution in [3.8, 4) is 34.8 Å². The van der Waals surface area contributed by atoms with Crippen molar-refractivity contribution in [3.05, 3.63) is 83.4 Å². The first-order valence-corrected chi connectivity index (χ1v) is 17.4. The van der Waals surface area contributed by atoms with Crippen LogP contribution in [0, 0.1) is 29.6 Å². The lowest BCUT2D eigenvalue weighted by Crippen LogP contribution is -2.48. The quantitative estimate of drug-likeness (QED) is 0.101. The fourth-order valence-electron chi connectivity index (χ4n) is 8.20. The summed E-state index contributed by atoms with van der Waals surface area (Å²) in [7, 11) is 1.52. The number of unbranched alkanes of at least 4 members (excludes halogenated alkanes) is 2. The molecule has 0 aromatic heterocycles. The highest BCUT2D eigenvalue weighted by atomic mass is 16.5. The summed E-state index contributed by atoms with van der Waals surface area (Å²) < 4.78 is 5.47. The van der Waals surface area contributed by atoms with Crippen molar-refractivity contribution in [2.75, 3.05) is 7.11 Å². The summed E-state index contributed by atoms with van der Waals surface area (Å²) in [6, 6.07) is 20.6. The number of Topliss-reactive ketones (excluding diaryl/α,β-unsaturated/α-hetero) is 1. The van der Waals surface area contributed by atoms with Crippen molar-refractivity contribution in [1.29, 1.82) is 0 Å². The van der Waals surface area contributed by atoms with Crippen LogP contribution in [0.3, 0.4) is 0 Å². The fraction of sp³-hybridized carbons (Fsp3) is 0.488. The third-order valence-electron chi connectivity index (χ3n) is 10.8. The monoisotopic (exact) mass is 638 g/mol. The van der Waals surface area contributed by atoms with Gasteiger partial charge in [-0.1, -0.05) is 93.8 Å². The zero-order valence-corrected chi connectivity index (χ0v) is 27.8. The van der Waals surface area contributed by atoms with Gasteiger partial charge >= 0.3 is 0 Å². The van der Waals surface area contributed by atoms with Crippen molar-refractivity contribution in [1.82, 2.24) is 0 Å². The molecule has 0 saturated heterocycles. The molecule has 5 rings (SSSR count). The largest absolute Gasteiger partial charge is 0.504 e. The molecule has 0 radical (unpaired) electrons. The Labute approximate surface area is 279 Å². The van der Waals surface area contributed by atoms with Crippen molar-refractivity contribution in [2.24, 2.45) is 17.8 Å². The molecule has 0 amide bonds. The molecule has 2 aliphatic rings. The summed E-state index contributed by atoms with van der Waals surface area (Å²) in [5.74, 6) is 5.92. The molecule has 3 aromatic carbocycles. The molecule has 4 N–H and O–H groups in total. The molecule has 0 bridgehead atoms. The van der Waals surface area contributed by atoms with Gasteiger partial charge < -0.3 is 25.2 Å². The zero-order chi connectivity index (χ0) is 33.4. The topological polar surface area (TPSA) is 107 Å². The number of carbonyl (C=O) groups is 1. The molecule has 5 atom stereocenters. The number of ether oxygens (including phenoxy) is 1. The Morgan fingerprint density at radius 1 is 0.894 bits per heavy atom. The van der Waals surface area contributed by atoms with Crippen LogP contribution in [0.25, 0.3) is 0 Å². The lowest BCUT2D eigenvalue weighted by molar-refractivity contribution is -0.130. The zero-order valence-electron chi connectivity index (χ0n) is 27.8. The summed E-state index contributed by atoms with van der Waals surface area (Å²) in [5.41, 5.74) is 2.42. The Balaban J connectivity index is 1.64. The maximum atomic E-state index is 14.6. The predicted molar refractivity (Wildman–Crippen MR) is 185 cm³/mol. The molecular formula is C41H50O6. The molecule has 3 aromatic rings. The molecule has 0 aliphatic heterocycles. The minimum Gasteiger partial charge on any atom is -0.504 e. The number of aliphatic hydroxyl groups is 1. The van der Waals surface area contributed by atoms with E-state index in [0.717, 1.165) is 68.1 Å². The minimum absolute atomic E-state index is 0.0388. The summed E-state index contributed by atoms with van der Waals surface area (Å²) in [6.45, 7) is 2.14. The third kappa shape index (κ3) is 7.79. The SMILES string of the molecule is CCCCC[C@H]1C(=O)C[C@H](c2ccc(O)c(OC)c2)[C@@H](Cc2ccccc2)C#CC[C@@H](C2(c3ccc(O)c(O)c3)CCCCC2)[C@H]1O. The van der Waals surface area contributed by atoms with Crippen LogP contribution < -0.4 is 4.74 Å². The second kappa shape index (κ2) is 15.8. The number of phenolic OH excluding ortho intramolecular Hbond substituents is 3. The molecule has 1 saturated carbocycles. The number of benzene rings is 3. The van der Waals surface area contributed by atoms with Gasteiger partial charge in [-0.2, -0.15) is 0 Å². The number of phenols is 3. The highest BCUT2D eigenvalue weighted by molar-refractivity contribution is 5.82. The van der Waals surface area contributed by atoms with E-state index < -0.39 is 17.4 Å². The van der Waals surface area contributed by atoms with Crippen LogP contribution in [0.15, 0.2) is 66.7 Å². The van der Waals surface area contributed by atoms with E-state index in [0.29, 0.717) is 25.0 Å². The van der Waals surface area contributed by atoms with Gasteiger partial charge in [0.15, 0.2) is 23.0 Å². The van der Waals surface area contributed by atoms with E-state index in [1.165, 1.54) is 13.2 Å².